The van der Waals surface area contributed by atoms with E-state index in [9.17, 15) is 5.11 Å². The van der Waals surface area contributed by atoms with E-state index < -0.39 is 6.10 Å². The van der Waals surface area contributed by atoms with Crippen molar-refractivity contribution in [2.45, 2.75) is 58.1 Å². The van der Waals surface area contributed by atoms with Crippen molar-refractivity contribution < 1.29 is 5.11 Å². The first-order valence-corrected chi connectivity index (χ1v) is 7.17. The van der Waals surface area contributed by atoms with Gasteiger partial charge in [-0.2, -0.15) is 0 Å². The Labute approximate surface area is 110 Å². The number of hydrogen-bond donors (Lipinski definition) is 1. The van der Waals surface area contributed by atoms with Gasteiger partial charge in [-0.15, -0.1) is 0 Å². The molecule has 1 aliphatic heterocycles. The third kappa shape index (κ3) is 2.83. The van der Waals surface area contributed by atoms with Gasteiger partial charge in [0, 0.05) is 12.6 Å². The van der Waals surface area contributed by atoms with Gasteiger partial charge in [0.1, 0.15) is 0 Å². The first-order valence-electron chi connectivity index (χ1n) is 7.17. The van der Waals surface area contributed by atoms with Crippen molar-refractivity contribution in [3.63, 3.8) is 0 Å². The van der Waals surface area contributed by atoms with Gasteiger partial charge in [0.15, 0.2) is 0 Å². The molecule has 0 aromatic carbocycles. The summed E-state index contributed by atoms with van der Waals surface area (Å²) in [6, 6.07) is 4.72. The number of nitrogens with zero attached hydrogens (tertiary/aromatic N) is 2. The van der Waals surface area contributed by atoms with Gasteiger partial charge in [-0.3, -0.25) is 4.98 Å². The molecule has 0 radical (unpaired) electrons. The Morgan fingerprint density at radius 3 is 2.83 bits per heavy atom. The molecule has 3 heteroatoms. The molecule has 0 spiro atoms. The summed E-state index contributed by atoms with van der Waals surface area (Å²) in [7, 11) is 0. The fourth-order valence-electron chi connectivity index (χ4n) is 2.74. The number of anilines is 1. The zero-order valence-corrected chi connectivity index (χ0v) is 11.5. The summed E-state index contributed by atoms with van der Waals surface area (Å²) in [6.45, 7) is 5.36. The van der Waals surface area contributed by atoms with Crippen molar-refractivity contribution in [3.8, 4) is 0 Å². The van der Waals surface area contributed by atoms with Crippen LogP contribution in [0.2, 0.25) is 0 Å². The van der Waals surface area contributed by atoms with Gasteiger partial charge in [0.2, 0.25) is 0 Å². The van der Waals surface area contributed by atoms with Crippen LogP contribution in [0.15, 0.2) is 18.3 Å². The van der Waals surface area contributed by atoms with E-state index in [1.165, 1.54) is 31.4 Å². The maximum Gasteiger partial charge on any atom is 0.0957 e. The molecule has 1 N–H and O–H groups in total. The van der Waals surface area contributed by atoms with Crippen molar-refractivity contribution >= 4 is 5.69 Å². The van der Waals surface area contributed by atoms with Crippen LogP contribution in [0.1, 0.15) is 57.7 Å². The Kier molecular flexibility index (Phi) is 4.59. The van der Waals surface area contributed by atoms with Gasteiger partial charge in [-0.1, -0.05) is 13.8 Å². The summed E-state index contributed by atoms with van der Waals surface area (Å²) in [4.78, 5) is 6.87. The number of rotatable bonds is 4. The lowest BCUT2D eigenvalue weighted by Crippen LogP contribution is -2.39. The van der Waals surface area contributed by atoms with E-state index >= 15 is 0 Å². The Morgan fingerprint density at radius 2 is 2.22 bits per heavy atom. The molecule has 1 aromatic heterocycles. The van der Waals surface area contributed by atoms with E-state index in [-0.39, 0.29) is 0 Å². The maximum atomic E-state index is 9.75. The summed E-state index contributed by atoms with van der Waals surface area (Å²) in [5.74, 6) is 0. The summed E-state index contributed by atoms with van der Waals surface area (Å²) < 4.78 is 0. The Hall–Kier alpha value is -1.09. The highest BCUT2D eigenvalue weighted by molar-refractivity contribution is 5.46. The minimum atomic E-state index is -0.428. The number of pyridine rings is 1. The topological polar surface area (TPSA) is 36.4 Å². The molecule has 0 aliphatic carbocycles. The molecular weight excluding hydrogens is 224 g/mol. The standard InChI is InChI=1S/C15H24N2O/c1-3-12-7-5-6-10-17(12)13-8-9-14(16-11-13)15(18)4-2/h8-9,11-12,15,18H,3-7,10H2,1-2H3/t12?,15-/m1/s1. The lowest BCUT2D eigenvalue weighted by molar-refractivity contribution is 0.169. The van der Waals surface area contributed by atoms with Gasteiger partial charge in [0.05, 0.1) is 23.7 Å². The number of hydrogen-bond acceptors (Lipinski definition) is 3. The van der Waals surface area contributed by atoms with Crippen LogP contribution in [0.4, 0.5) is 5.69 Å². The molecule has 1 fully saturated rings. The molecule has 0 bridgehead atoms. The normalized spacial score (nSPS) is 21.9. The summed E-state index contributed by atoms with van der Waals surface area (Å²) in [5, 5.41) is 9.75. The molecule has 100 valence electrons. The third-order valence-corrected chi connectivity index (χ3v) is 3.93. The van der Waals surface area contributed by atoms with Gasteiger partial charge in [-0.25, -0.2) is 0 Å². The molecule has 0 amide bonds. The van der Waals surface area contributed by atoms with Gasteiger partial charge < -0.3 is 10.0 Å². The Balaban J connectivity index is 2.12. The predicted octanol–water partition coefficient (Wildman–Crippen LogP) is 3.29. The first kappa shape index (κ1) is 13.3. The van der Waals surface area contributed by atoms with Crippen molar-refractivity contribution in [2.75, 3.05) is 11.4 Å². The SMILES string of the molecule is CCC1CCCCN1c1ccc([C@H](O)CC)nc1. The van der Waals surface area contributed by atoms with Crippen LogP contribution in [-0.4, -0.2) is 22.7 Å². The van der Waals surface area contributed by atoms with Crippen LogP contribution in [0, 0.1) is 0 Å². The molecule has 1 aliphatic rings. The second-order valence-corrected chi connectivity index (χ2v) is 5.12. The maximum absolute atomic E-state index is 9.75. The van der Waals surface area contributed by atoms with E-state index in [1.54, 1.807) is 0 Å². The minimum Gasteiger partial charge on any atom is -0.387 e. The van der Waals surface area contributed by atoms with Crippen LogP contribution in [0.5, 0.6) is 0 Å². The fourth-order valence-corrected chi connectivity index (χ4v) is 2.74. The first-order chi connectivity index (χ1) is 8.76. The zero-order chi connectivity index (χ0) is 13.0. The molecule has 1 saturated heterocycles. The number of aromatic nitrogens is 1. The smallest absolute Gasteiger partial charge is 0.0957 e. The van der Waals surface area contributed by atoms with E-state index in [0.29, 0.717) is 12.5 Å². The van der Waals surface area contributed by atoms with Crippen LogP contribution in [0.3, 0.4) is 0 Å². The summed E-state index contributed by atoms with van der Waals surface area (Å²) in [6.07, 6.45) is 7.30. The predicted molar refractivity (Wildman–Crippen MR) is 74.8 cm³/mol. The summed E-state index contributed by atoms with van der Waals surface area (Å²) >= 11 is 0. The monoisotopic (exact) mass is 248 g/mol. The van der Waals surface area contributed by atoms with Crippen LogP contribution < -0.4 is 4.90 Å². The highest BCUT2D eigenvalue weighted by atomic mass is 16.3. The van der Waals surface area contributed by atoms with Crippen molar-refractivity contribution in [1.82, 2.24) is 4.98 Å². The minimum absolute atomic E-state index is 0.428. The lowest BCUT2D eigenvalue weighted by Gasteiger charge is -2.37. The van der Waals surface area contributed by atoms with Crippen molar-refractivity contribution in [1.29, 1.82) is 0 Å². The van der Waals surface area contributed by atoms with Crippen molar-refractivity contribution in [3.05, 3.63) is 24.0 Å². The zero-order valence-electron chi connectivity index (χ0n) is 11.5. The van der Waals surface area contributed by atoms with Gasteiger partial charge in [-0.05, 0) is 44.2 Å². The quantitative estimate of drug-likeness (QED) is 0.888. The Morgan fingerprint density at radius 1 is 1.39 bits per heavy atom. The number of aliphatic hydroxyl groups excluding tert-OH is 1. The Bertz CT molecular complexity index is 363. The second kappa shape index (κ2) is 6.19. The van der Waals surface area contributed by atoms with E-state index in [1.807, 2.05) is 19.2 Å². The van der Waals surface area contributed by atoms with E-state index in [2.05, 4.69) is 22.9 Å². The van der Waals surface area contributed by atoms with E-state index in [4.69, 9.17) is 0 Å². The molecule has 2 heterocycles. The molecule has 2 rings (SSSR count). The third-order valence-electron chi connectivity index (χ3n) is 3.93. The highest BCUT2D eigenvalue weighted by Gasteiger charge is 2.21. The van der Waals surface area contributed by atoms with E-state index in [0.717, 1.165) is 12.2 Å². The van der Waals surface area contributed by atoms with Crippen LogP contribution >= 0.6 is 0 Å². The second-order valence-electron chi connectivity index (χ2n) is 5.12. The molecular formula is C15H24N2O. The molecule has 2 atom stereocenters. The fraction of sp³-hybridized carbons (Fsp3) is 0.667. The highest BCUT2D eigenvalue weighted by Crippen LogP contribution is 2.26. The molecule has 3 nitrogen and oxygen atoms in total. The van der Waals surface area contributed by atoms with Crippen LogP contribution in [0.25, 0.3) is 0 Å². The molecule has 1 unspecified atom stereocenters. The van der Waals surface area contributed by atoms with Crippen LogP contribution in [-0.2, 0) is 0 Å². The molecule has 1 aromatic rings. The molecule has 18 heavy (non-hydrogen) atoms. The summed E-state index contributed by atoms with van der Waals surface area (Å²) in [5.41, 5.74) is 1.99. The average molecular weight is 248 g/mol. The van der Waals surface area contributed by atoms with Gasteiger partial charge in [0.25, 0.3) is 0 Å². The average Bonchev–Trinajstić information content (AvgIpc) is 2.46. The van der Waals surface area contributed by atoms with Gasteiger partial charge >= 0.3 is 0 Å². The largest absolute Gasteiger partial charge is 0.387 e. The number of aliphatic hydroxyl groups is 1. The number of piperidine rings is 1. The lowest BCUT2D eigenvalue weighted by atomic mass is 9.99. The molecule has 0 saturated carbocycles. The van der Waals surface area contributed by atoms with Crippen molar-refractivity contribution in [2.24, 2.45) is 0 Å².